The van der Waals surface area contributed by atoms with Gasteiger partial charge in [-0.1, -0.05) is 0 Å². The van der Waals surface area contributed by atoms with Crippen LogP contribution in [0, 0.1) is 6.92 Å². The molecule has 0 saturated carbocycles. The summed E-state index contributed by atoms with van der Waals surface area (Å²) < 4.78 is 24.2. The number of nitrogens with zero attached hydrogens (tertiary/aromatic N) is 1. The molecule has 1 aromatic rings. The Kier molecular flexibility index (Phi) is 2.51. The topological polar surface area (TPSA) is 38.9 Å². The minimum absolute atomic E-state index is 0.0328. The maximum absolute atomic E-state index is 12.1. The molecule has 0 atom stereocenters. The van der Waals surface area contributed by atoms with Gasteiger partial charge in [0.15, 0.2) is 0 Å². The normalized spacial score (nSPS) is 11.0. The van der Waals surface area contributed by atoms with Crippen LogP contribution in [0.3, 0.4) is 0 Å². The van der Waals surface area contributed by atoms with E-state index >= 15 is 0 Å². The monoisotopic (exact) mass is 178 g/mol. The minimum atomic E-state index is -2.42. The van der Waals surface area contributed by atoms with Crippen LogP contribution in [0.4, 0.5) is 8.78 Å². The van der Waals surface area contributed by atoms with Gasteiger partial charge in [0.05, 0.1) is 10.6 Å². The van der Waals surface area contributed by atoms with Crippen molar-refractivity contribution >= 4 is 11.3 Å². The second-order valence-electron chi connectivity index (χ2n) is 2.06. The molecular weight excluding hydrogens is 170 g/mol. The first kappa shape index (κ1) is 8.55. The molecule has 0 saturated heterocycles. The summed E-state index contributed by atoms with van der Waals surface area (Å²) in [4.78, 5) is 3.90. The molecule has 0 aromatic carbocycles. The van der Waals surface area contributed by atoms with Crippen LogP contribution < -0.4 is 5.73 Å². The lowest BCUT2D eigenvalue weighted by molar-refractivity contribution is 0.154. The van der Waals surface area contributed by atoms with Crippen molar-refractivity contribution in [3.05, 3.63) is 15.6 Å². The Hall–Kier alpha value is -0.550. The zero-order valence-corrected chi connectivity index (χ0v) is 6.79. The molecule has 2 nitrogen and oxygen atoms in total. The number of rotatable bonds is 2. The van der Waals surface area contributed by atoms with Crippen molar-refractivity contribution in [1.29, 1.82) is 0 Å². The van der Waals surface area contributed by atoms with E-state index in [1.165, 1.54) is 0 Å². The third-order valence-corrected chi connectivity index (χ3v) is 2.44. The van der Waals surface area contributed by atoms with E-state index in [4.69, 9.17) is 5.73 Å². The van der Waals surface area contributed by atoms with E-state index in [9.17, 15) is 8.78 Å². The van der Waals surface area contributed by atoms with Crippen LogP contribution >= 0.6 is 11.3 Å². The Bertz CT molecular complexity index is 247. The smallest absolute Gasteiger partial charge is 0.274 e. The molecular formula is C6H8F2N2S. The molecule has 0 bridgehead atoms. The van der Waals surface area contributed by atoms with Gasteiger partial charge >= 0.3 is 0 Å². The molecule has 2 N–H and O–H groups in total. The van der Waals surface area contributed by atoms with E-state index in [1.807, 2.05) is 0 Å². The third-order valence-electron chi connectivity index (χ3n) is 1.25. The van der Waals surface area contributed by atoms with Crippen LogP contribution in [0.25, 0.3) is 0 Å². The zero-order valence-electron chi connectivity index (χ0n) is 5.97. The highest BCUT2D eigenvalue weighted by Gasteiger charge is 2.15. The summed E-state index contributed by atoms with van der Waals surface area (Å²) in [6.07, 6.45) is -2.42. The molecule has 5 heteroatoms. The number of halogens is 2. The number of aromatic nitrogens is 1. The van der Waals surface area contributed by atoms with Gasteiger partial charge in [0, 0.05) is 6.54 Å². The maximum atomic E-state index is 12.1. The van der Waals surface area contributed by atoms with Crippen LogP contribution in [0.15, 0.2) is 0 Å². The molecule has 0 spiro atoms. The summed E-state index contributed by atoms with van der Waals surface area (Å²) in [6, 6.07) is 0. The van der Waals surface area contributed by atoms with Crippen molar-refractivity contribution in [2.24, 2.45) is 5.73 Å². The van der Waals surface area contributed by atoms with Gasteiger partial charge in [0.25, 0.3) is 6.43 Å². The highest BCUT2D eigenvalue weighted by molar-refractivity contribution is 7.11. The average molecular weight is 178 g/mol. The molecule has 1 aromatic heterocycles. The van der Waals surface area contributed by atoms with Crippen molar-refractivity contribution in [3.63, 3.8) is 0 Å². The fourth-order valence-corrected chi connectivity index (χ4v) is 1.56. The highest BCUT2D eigenvalue weighted by Crippen LogP contribution is 2.28. The predicted octanol–water partition coefficient (Wildman–Crippen LogP) is 1.85. The number of alkyl halides is 2. The van der Waals surface area contributed by atoms with Crippen LogP contribution in [-0.2, 0) is 6.54 Å². The number of hydrogen-bond acceptors (Lipinski definition) is 3. The van der Waals surface area contributed by atoms with Gasteiger partial charge in [-0.15, -0.1) is 11.3 Å². The van der Waals surface area contributed by atoms with Gasteiger partial charge in [0.2, 0.25) is 0 Å². The Balaban J connectivity index is 2.97. The summed E-state index contributed by atoms with van der Waals surface area (Å²) in [5, 5.41) is 0.567. The molecule has 0 aliphatic carbocycles. The van der Waals surface area contributed by atoms with Gasteiger partial charge in [-0.25, -0.2) is 13.8 Å². The van der Waals surface area contributed by atoms with E-state index in [2.05, 4.69) is 4.98 Å². The fraction of sp³-hybridized carbons (Fsp3) is 0.500. The number of hydrogen-bond donors (Lipinski definition) is 1. The Morgan fingerprint density at radius 1 is 1.64 bits per heavy atom. The van der Waals surface area contributed by atoms with Crippen molar-refractivity contribution in [2.75, 3.05) is 0 Å². The minimum Gasteiger partial charge on any atom is -0.325 e. The summed E-state index contributed by atoms with van der Waals surface area (Å²) in [5.74, 6) is 0. The standard InChI is InChI=1S/C6H8F2N2S/c1-3-5(6(7)8)11-4(2-9)10-3/h6H,2,9H2,1H3. The molecule has 1 heterocycles. The Morgan fingerprint density at radius 3 is 2.55 bits per heavy atom. The summed E-state index contributed by atoms with van der Waals surface area (Å²) in [5.41, 5.74) is 5.63. The first-order chi connectivity index (χ1) is 5.15. The van der Waals surface area contributed by atoms with E-state index in [1.54, 1.807) is 6.92 Å². The lowest BCUT2D eigenvalue weighted by atomic mass is 10.4. The van der Waals surface area contributed by atoms with E-state index in [0.717, 1.165) is 11.3 Å². The molecule has 0 fully saturated rings. The number of aryl methyl sites for hydroxylation is 1. The van der Waals surface area contributed by atoms with Crippen molar-refractivity contribution in [2.45, 2.75) is 19.9 Å². The third kappa shape index (κ3) is 1.72. The lowest BCUT2D eigenvalue weighted by Gasteiger charge is -1.91. The highest BCUT2D eigenvalue weighted by atomic mass is 32.1. The van der Waals surface area contributed by atoms with Crippen molar-refractivity contribution < 1.29 is 8.78 Å². The van der Waals surface area contributed by atoms with Crippen LogP contribution in [0.1, 0.15) is 22.0 Å². The van der Waals surface area contributed by atoms with Crippen LogP contribution in [-0.4, -0.2) is 4.98 Å². The zero-order chi connectivity index (χ0) is 8.43. The summed E-state index contributed by atoms with van der Waals surface area (Å²) in [6.45, 7) is 1.80. The number of thiazole rings is 1. The van der Waals surface area contributed by atoms with E-state index in [-0.39, 0.29) is 11.4 Å². The molecule has 0 aliphatic rings. The van der Waals surface area contributed by atoms with Crippen LogP contribution in [0.2, 0.25) is 0 Å². The Labute approximate surface area is 67.1 Å². The second kappa shape index (κ2) is 3.23. The quantitative estimate of drug-likeness (QED) is 0.750. The van der Waals surface area contributed by atoms with Crippen LogP contribution in [0.5, 0.6) is 0 Å². The number of nitrogens with two attached hydrogens (primary N) is 1. The van der Waals surface area contributed by atoms with E-state index < -0.39 is 6.43 Å². The van der Waals surface area contributed by atoms with Gasteiger partial charge in [-0.2, -0.15) is 0 Å². The molecule has 0 radical (unpaired) electrons. The second-order valence-corrected chi connectivity index (χ2v) is 3.18. The van der Waals surface area contributed by atoms with Gasteiger partial charge < -0.3 is 5.73 Å². The Morgan fingerprint density at radius 2 is 2.27 bits per heavy atom. The summed E-state index contributed by atoms with van der Waals surface area (Å²) in [7, 11) is 0. The fourth-order valence-electron chi connectivity index (χ4n) is 0.756. The van der Waals surface area contributed by atoms with E-state index in [0.29, 0.717) is 10.7 Å². The molecule has 0 aliphatic heterocycles. The molecule has 1 rings (SSSR count). The molecule has 0 amide bonds. The molecule has 62 valence electrons. The summed E-state index contributed by atoms with van der Waals surface area (Å²) >= 11 is 0.981. The van der Waals surface area contributed by atoms with Crippen molar-refractivity contribution in [3.8, 4) is 0 Å². The van der Waals surface area contributed by atoms with Gasteiger partial charge in [0.1, 0.15) is 5.01 Å². The first-order valence-electron chi connectivity index (χ1n) is 3.09. The van der Waals surface area contributed by atoms with Crippen molar-refractivity contribution in [1.82, 2.24) is 4.98 Å². The molecule has 11 heavy (non-hydrogen) atoms. The predicted molar refractivity (Wildman–Crippen MR) is 39.7 cm³/mol. The van der Waals surface area contributed by atoms with Gasteiger partial charge in [-0.3, -0.25) is 0 Å². The SMILES string of the molecule is Cc1nc(CN)sc1C(F)F. The maximum Gasteiger partial charge on any atom is 0.274 e. The molecule has 0 unspecified atom stereocenters. The first-order valence-corrected chi connectivity index (χ1v) is 3.91. The lowest BCUT2D eigenvalue weighted by Crippen LogP contribution is -1.94. The van der Waals surface area contributed by atoms with Gasteiger partial charge in [-0.05, 0) is 6.92 Å². The largest absolute Gasteiger partial charge is 0.325 e. The average Bonchev–Trinajstić information content (AvgIpc) is 2.30.